The summed E-state index contributed by atoms with van der Waals surface area (Å²) in [5.74, 6) is -0.897. The van der Waals surface area contributed by atoms with Crippen molar-refractivity contribution < 1.29 is 14.4 Å². The molecule has 0 bridgehead atoms. The number of carbonyl (C=O) groups excluding carboxylic acids is 3. The lowest BCUT2D eigenvalue weighted by molar-refractivity contribution is -0.116. The molecule has 0 aliphatic heterocycles. The number of hydrogen-bond acceptors (Lipinski definition) is 4. The molecule has 6 N–H and O–H groups in total. The highest BCUT2D eigenvalue weighted by Gasteiger charge is 2.18. The zero-order chi connectivity index (χ0) is 16.8. The summed E-state index contributed by atoms with van der Waals surface area (Å²) in [6.45, 7) is 0. The molecule has 0 radical (unpaired) electrons. The van der Waals surface area contributed by atoms with Gasteiger partial charge in [0.05, 0.1) is 12.5 Å². The summed E-state index contributed by atoms with van der Waals surface area (Å²) in [6.07, 6.45) is 0.0181. The van der Waals surface area contributed by atoms with Gasteiger partial charge in [0.2, 0.25) is 11.8 Å². The first-order valence-corrected chi connectivity index (χ1v) is 7.63. The van der Waals surface area contributed by atoms with E-state index in [1.807, 2.05) is 17.5 Å². The minimum atomic E-state index is -0.702. The second-order valence-corrected chi connectivity index (χ2v) is 5.75. The zero-order valence-corrected chi connectivity index (χ0v) is 12.9. The monoisotopic (exact) mass is 332 g/mol. The lowest BCUT2D eigenvalue weighted by atomic mass is 10.1. The lowest BCUT2D eigenvalue weighted by Crippen LogP contribution is -2.34. The normalized spacial score (nSPS) is 11.5. The van der Waals surface area contributed by atoms with E-state index in [0.717, 1.165) is 4.88 Å². The molecule has 0 spiro atoms. The average Bonchev–Trinajstić information content (AvgIpc) is 3.00. The molecule has 7 nitrogen and oxygen atoms in total. The largest absolute Gasteiger partial charge is 0.366 e. The van der Waals surface area contributed by atoms with Crippen molar-refractivity contribution >= 4 is 34.9 Å². The smallest absolute Gasteiger partial charge is 0.312 e. The number of carbonyl (C=O) groups is 3. The van der Waals surface area contributed by atoms with E-state index >= 15 is 0 Å². The molecule has 0 aliphatic rings. The lowest BCUT2D eigenvalue weighted by Gasteiger charge is -2.16. The molecule has 0 fully saturated rings. The highest BCUT2D eigenvalue weighted by Crippen LogP contribution is 2.22. The molecule has 23 heavy (non-hydrogen) atoms. The number of rotatable bonds is 6. The zero-order valence-electron chi connectivity index (χ0n) is 12.1. The topological polar surface area (TPSA) is 127 Å². The number of nitrogens with one attached hydrogen (secondary N) is 2. The fourth-order valence-corrected chi connectivity index (χ4v) is 2.81. The maximum absolute atomic E-state index is 12.2. The Hall–Kier alpha value is -2.87. The summed E-state index contributed by atoms with van der Waals surface area (Å²) in [5.41, 5.74) is 11.1. The molecule has 0 aliphatic carbocycles. The van der Waals surface area contributed by atoms with Crippen LogP contribution in [0.3, 0.4) is 0 Å². The first-order chi connectivity index (χ1) is 11.0. The minimum Gasteiger partial charge on any atom is -0.366 e. The summed E-state index contributed by atoms with van der Waals surface area (Å²) in [6, 6.07) is 8.73. The van der Waals surface area contributed by atoms with Gasteiger partial charge in [0, 0.05) is 16.1 Å². The van der Waals surface area contributed by atoms with Crippen molar-refractivity contribution in [1.82, 2.24) is 5.32 Å². The van der Waals surface area contributed by atoms with Crippen LogP contribution >= 0.6 is 11.3 Å². The molecular formula is C15H16N4O3S. The molecule has 2 rings (SSSR count). The molecule has 1 unspecified atom stereocenters. The Morgan fingerprint density at radius 2 is 1.91 bits per heavy atom. The Bertz CT molecular complexity index is 715. The van der Waals surface area contributed by atoms with Gasteiger partial charge < -0.3 is 22.1 Å². The summed E-state index contributed by atoms with van der Waals surface area (Å²) < 4.78 is 0. The first-order valence-electron chi connectivity index (χ1n) is 6.75. The number of thiophene rings is 1. The molecule has 4 amide bonds. The number of amides is 4. The Morgan fingerprint density at radius 1 is 1.13 bits per heavy atom. The van der Waals surface area contributed by atoms with Crippen LogP contribution in [0.5, 0.6) is 0 Å². The Morgan fingerprint density at radius 3 is 2.52 bits per heavy atom. The third-order valence-corrected chi connectivity index (χ3v) is 4.01. The standard InChI is InChI=1S/C15H16N4O3S/c16-14(21)9-3-1-4-10(7-9)18-13(20)8-11(19-15(17)22)12-5-2-6-23-12/h1-7,11H,8H2,(H2,16,21)(H,18,20)(H3,17,19,22). The molecular weight excluding hydrogens is 316 g/mol. The quantitative estimate of drug-likeness (QED) is 0.641. The highest BCUT2D eigenvalue weighted by molar-refractivity contribution is 7.10. The highest BCUT2D eigenvalue weighted by atomic mass is 32.1. The van der Waals surface area contributed by atoms with Gasteiger partial charge in [0.15, 0.2) is 0 Å². The average molecular weight is 332 g/mol. The van der Waals surface area contributed by atoms with Gasteiger partial charge in [-0.25, -0.2) is 4.79 Å². The molecule has 1 aromatic carbocycles. The van der Waals surface area contributed by atoms with Crippen molar-refractivity contribution in [2.75, 3.05) is 5.32 Å². The van der Waals surface area contributed by atoms with E-state index in [-0.39, 0.29) is 12.3 Å². The van der Waals surface area contributed by atoms with Gasteiger partial charge in [0.1, 0.15) is 0 Å². The van der Waals surface area contributed by atoms with Crippen LogP contribution in [0.4, 0.5) is 10.5 Å². The van der Waals surface area contributed by atoms with Gasteiger partial charge in [-0.1, -0.05) is 12.1 Å². The number of urea groups is 1. The van der Waals surface area contributed by atoms with Crippen molar-refractivity contribution in [2.24, 2.45) is 11.5 Å². The van der Waals surface area contributed by atoms with Crippen molar-refractivity contribution in [3.63, 3.8) is 0 Å². The SMILES string of the molecule is NC(=O)NC(CC(=O)Nc1cccc(C(N)=O)c1)c1cccs1. The summed E-state index contributed by atoms with van der Waals surface area (Å²) >= 11 is 1.42. The van der Waals surface area contributed by atoms with Crippen LogP contribution in [0.15, 0.2) is 41.8 Å². The van der Waals surface area contributed by atoms with Crippen LogP contribution in [0, 0.1) is 0 Å². The van der Waals surface area contributed by atoms with Gasteiger partial charge in [-0.3, -0.25) is 9.59 Å². The summed E-state index contributed by atoms with van der Waals surface area (Å²) in [7, 11) is 0. The second kappa shape index (κ2) is 7.41. The summed E-state index contributed by atoms with van der Waals surface area (Å²) in [5, 5.41) is 7.06. The van der Waals surface area contributed by atoms with E-state index in [0.29, 0.717) is 11.3 Å². The van der Waals surface area contributed by atoms with E-state index in [9.17, 15) is 14.4 Å². The van der Waals surface area contributed by atoms with Crippen molar-refractivity contribution in [1.29, 1.82) is 0 Å². The number of anilines is 1. The summed E-state index contributed by atoms with van der Waals surface area (Å²) in [4.78, 5) is 35.2. The van der Waals surface area contributed by atoms with E-state index < -0.39 is 18.0 Å². The predicted octanol–water partition coefficient (Wildman–Crippen LogP) is 1.59. The Kier molecular flexibility index (Phi) is 5.32. The number of nitrogens with two attached hydrogens (primary N) is 2. The molecule has 1 heterocycles. The van der Waals surface area contributed by atoms with Gasteiger partial charge in [0.25, 0.3) is 0 Å². The van der Waals surface area contributed by atoms with Crippen LogP contribution in [0.25, 0.3) is 0 Å². The van der Waals surface area contributed by atoms with Crippen LogP contribution in [0.2, 0.25) is 0 Å². The molecule has 2 aromatic rings. The molecule has 120 valence electrons. The van der Waals surface area contributed by atoms with Gasteiger partial charge >= 0.3 is 6.03 Å². The maximum atomic E-state index is 12.2. The molecule has 1 atom stereocenters. The Labute approximate surface area is 136 Å². The van der Waals surface area contributed by atoms with E-state index in [2.05, 4.69) is 10.6 Å². The van der Waals surface area contributed by atoms with Crippen molar-refractivity contribution in [3.8, 4) is 0 Å². The fourth-order valence-electron chi connectivity index (χ4n) is 2.03. The molecule has 1 aromatic heterocycles. The third-order valence-electron chi connectivity index (χ3n) is 3.02. The van der Waals surface area contributed by atoms with Crippen LogP contribution < -0.4 is 22.1 Å². The number of primary amides is 2. The number of benzene rings is 1. The number of hydrogen-bond donors (Lipinski definition) is 4. The van der Waals surface area contributed by atoms with E-state index in [1.165, 1.54) is 17.4 Å². The second-order valence-electron chi connectivity index (χ2n) is 4.77. The predicted molar refractivity (Wildman–Crippen MR) is 88.0 cm³/mol. The first kappa shape index (κ1) is 16.5. The van der Waals surface area contributed by atoms with Gasteiger partial charge in [-0.15, -0.1) is 11.3 Å². The third kappa shape index (κ3) is 4.82. The maximum Gasteiger partial charge on any atom is 0.312 e. The van der Waals surface area contributed by atoms with E-state index in [4.69, 9.17) is 11.5 Å². The van der Waals surface area contributed by atoms with Crippen molar-refractivity contribution in [3.05, 3.63) is 52.2 Å². The Balaban J connectivity index is 2.06. The van der Waals surface area contributed by atoms with Crippen LogP contribution in [-0.4, -0.2) is 17.8 Å². The van der Waals surface area contributed by atoms with Gasteiger partial charge in [-0.05, 0) is 29.6 Å². The molecule has 0 saturated carbocycles. The van der Waals surface area contributed by atoms with E-state index in [1.54, 1.807) is 18.2 Å². The van der Waals surface area contributed by atoms with Crippen molar-refractivity contribution in [2.45, 2.75) is 12.5 Å². The van der Waals surface area contributed by atoms with Gasteiger partial charge in [-0.2, -0.15) is 0 Å². The fraction of sp³-hybridized carbons (Fsp3) is 0.133. The van der Waals surface area contributed by atoms with Crippen LogP contribution in [0.1, 0.15) is 27.7 Å². The molecule has 0 saturated heterocycles. The minimum absolute atomic E-state index is 0.0181. The van der Waals surface area contributed by atoms with Crippen LogP contribution in [-0.2, 0) is 4.79 Å². The molecule has 8 heteroatoms.